The number of carbonyl (C=O) groups excluding carboxylic acids is 1. The van der Waals surface area contributed by atoms with Crippen molar-refractivity contribution in [3.05, 3.63) is 53.4 Å². The second kappa shape index (κ2) is 7.50. The summed E-state index contributed by atoms with van der Waals surface area (Å²) in [7, 11) is 0. The van der Waals surface area contributed by atoms with Gasteiger partial charge in [0.2, 0.25) is 11.1 Å². The molecule has 1 atom stereocenters. The van der Waals surface area contributed by atoms with Gasteiger partial charge in [-0.25, -0.2) is 4.68 Å². The third-order valence-corrected chi connectivity index (χ3v) is 5.29. The van der Waals surface area contributed by atoms with Crippen LogP contribution in [0.5, 0.6) is 0 Å². The third-order valence-electron chi connectivity index (χ3n) is 3.37. The number of benzene rings is 1. The number of thioether (sulfide) groups is 1. The lowest BCUT2D eigenvalue weighted by Gasteiger charge is -2.11. The number of amides is 1. The standard InChI is InChI=1S/C16H17N5OS2/c1-11(15(22)18-10-12-6-3-2-4-7-12)24-16-20-19-14(21(16)17)13-8-5-9-23-13/h2-9,11H,10,17H2,1H3,(H,18,22)/t11-/m0/s1. The van der Waals surface area contributed by atoms with Gasteiger partial charge in [0, 0.05) is 6.54 Å². The minimum Gasteiger partial charge on any atom is -0.351 e. The van der Waals surface area contributed by atoms with Crippen LogP contribution in [0.15, 0.2) is 53.0 Å². The van der Waals surface area contributed by atoms with Crippen LogP contribution >= 0.6 is 23.1 Å². The Kier molecular flexibility index (Phi) is 5.17. The first-order valence-corrected chi connectivity index (χ1v) is 9.13. The second-order valence-corrected chi connectivity index (χ2v) is 7.37. The number of hydrogen-bond acceptors (Lipinski definition) is 6. The molecule has 2 aromatic heterocycles. The fraction of sp³-hybridized carbons (Fsp3) is 0.188. The molecule has 24 heavy (non-hydrogen) atoms. The molecule has 1 amide bonds. The van der Waals surface area contributed by atoms with Gasteiger partial charge in [0.15, 0.2) is 5.82 Å². The predicted molar refractivity (Wildman–Crippen MR) is 97.1 cm³/mol. The topological polar surface area (TPSA) is 85.8 Å². The van der Waals surface area contributed by atoms with Crippen molar-refractivity contribution in [1.29, 1.82) is 0 Å². The number of nitrogens with zero attached hydrogens (tertiary/aromatic N) is 3. The summed E-state index contributed by atoms with van der Waals surface area (Å²) in [5, 5.41) is 13.3. The Balaban J connectivity index is 1.60. The smallest absolute Gasteiger partial charge is 0.233 e. The SMILES string of the molecule is C[C@H](Sc1nnc(-c2cccs2)n1N)C(=O)NCc1ccccc1. The van der Waals surface area contributed by atoms with Gasteiger partial charge in [0.1, 0.15) is 0 Å². The molecule has 0 spiro atoms. The Labute approximate surface area is 148 Å². The number of thiophene rings is 1. The first-order valence-electron chi connectivity index (χ1n) is 7.38. The van der Waals surface area contributed by atoms with Crippen molar-refractivity contribution >= 4 is 29.0 Å². The zero-order valence-electron chi connectivity index (χ0n) is 13.0. The van der Waals surface area contributed by atoms with Crippen molar-refractivity contribution < 1.29 is 4.79 Å². The highest BCUT2D eigenvalue weighted by molar-refractivity contribution is 8.00. The van der Waals surface area contributed by atoms with Crippen LogP contribution in [0.1, 0.15) is 12.5 Å². The average molecular weight is 359 g/mol. The molecule has 0 unspecified atom stereocenters. The minimum absolute atomic E-state index is 0.0653. The van der Waals surface area contributed by atoms with Crippen molar-refractivity contribution in [2.24, 2.45) is 0 Å². The largest absolute Gasteiger partial charge is 0.351 e. The van der Waals surface area contributed by atoms with E-state index >= 15 is 0 Å². The van der Waals surface area contributed by atoms with E-state index in [0.29, 0.717) is 17.5 Å². The number of hydrogen-bond donors (Lipinski definition) is 2. The number of nitrogens with two attached hydrogens (primary N) is 1. The number of carbonyl (C=O) groups is 1. The lowest BCUT2D eigenvalue weighted by atomic mass is 10.2. The molecular formula is C16H17N5OS2. The Hall–Kier alpha value is -2.32. The Morgan fingerprint density at radius 1 is 1.29 bits per heavy atom. The summed E-state index contributed by atoms with van der Waals surface area (Å²) in [6.07, 6.45) is 0. The number of rotatable bonds is 6. The van der Waals surface area contributed by atoms with Crippen LogP contribution in [0.25, 0.3) is 10.7 Å². The lowest BCUT2D eigenvalue weighted by Crippen LogP contribution is -2.30. The van der Waals surface area contributed by atoms with E-state index in [1.54, 1.807) is 11.3 Å². The molecule has 0 aliphatic rings. The highest BCUT2D eigenvalue weighted by Gasteiger charge is 2.20. The molecule has 0 radical (unpaired) electrons. The Bertz CT molecular complexity index is 801. The van der Waals surface area contributed by atoms with Gasteiger partial charge in [0.05, 0.1) is 10.1 Å². The maximum atomic E-state index is 12.2. The van der Waals surface area contributed by atoms with Crippen LogP contribution in [0.4, 0.5) is 0 Å². The van der Waals surface area contributed by atoms with E-state index in [9.17, 15) is 4.79 Å². The average Bonchev–Trinajstić information content (AvgIpc) is 3.24. The minimum atomic E-state index is -0.323. The molecule has 1 aromatic carbocycles. The molecular weight excluding hydrogens is 342 g/mol. The van der Waals surface area contributed by atoms with Crippen molar-refractivity contribution in [3.8, 4) is 10.7 Å². The lowest BCUT2D eigenvalue weighted by molar-refractivity contribution is -0.120. The van der Waals surface area contributed by atoms with Gasteiger partial charge in [-0.3, -0.25) is 4.79 Å². The highest BCUT2D eigenvalue weighted by atomic mass is 32.2. The molecule has 3 N–H and O–H groups in total. The van der Waals surface area contributed by atoms with E-state index in [1.165, 1.54) is 16.4 Å². The summed E-state index contributed by atoms with van der Waals surface area (Å²) < 4.78 is 1.43. The van der Waals surface area contributed by atoms with Crippen LogP contribution in [-0.2, 0) is 11.3 Å². The number of nitrogens with one attached hydrogen (secondary N) is 1. The molecule has 124 valence electrons. The van der Waals surface area contributed by atoms with Gasteiger partial charge in [-0.05, 0) is 23.9 Å². The predicted octanol–water partition coefficient (Wildman–Crippen LogP) is 2.52. The van der Waals surface area contributed by atoms with E-state index in [-0.39, 0.29) is 11.2 Å². The Morgan fingerprint density at radius 3 is 2.79 bits per heavy atom. The quantitative estimate of drug-likeness (QED) is 0.522. The maximum absolute atomic E-state index is 12.2. The molecule has 3 aromatic rings. The van der Waals surface area contributed by atoms with Gasteiger partial charge < -0.3 is 11.2 Å². The van der Waals surface area contributed by atoms with E-state index < -0.39 is 0 Å². The summed E-state index contributed by atoms with van der Waals surface area (Å²) in [6, 6.07) is 13.7. The van der Waals surface area contributed by atoms with Gasteiger partial charge in [-0.2, -0.15) is 0 Å². The Morgan fingerprint density at radius 2 is 2.08 bits per heavy atom. The molecule has 8 heteroatoms. The first kappa shape index (κ1) is 16.5. The molecule has 6 nitrogen and oxygen atoms in total. The van der Waals surface area contributed by atoms with Crippen LogP contribution in [-0.4, -0.2) is 26.0 Å². The molecule has 0 saturated carbocycles. The maximum Gasteiger partial charge on any atom is 0.233 e. The van der Waals surface area contributed by atoms with E-state index in [2.05, 4.69) is 15.5 Å². The molecule has 0 aliphatic carbocycles. The molecule has 3 rings (SSSR count). The second-order valence-electron chi connectivity index (χ2n) is 5.12. The number of nitrogen functional groups attached to an aromatic ring is 1. The molecule has 2 heterocycles. The van der Waals surface area contributed by atoms with Crippen LogP contribution in [0.2, 0.25) is 0 Å². The van der Waals surface area contributed by atoms with Crippen LogP contribution in [0.3, 0.4) is 0 Å². The normalized spacial score (nSPS) is 12.0. The zero-order valence-corrected chi connectivity index (χ0v) is 14.7. The van der Waals surface area contributed by atoms with Gasteiger partial charge in [0.25, 0.3) is 0 Å². The third kappa shape index (κ3) is 3.77. The first-order chi connectivity index (χ1) is 11.6. The van der Waals surface area contributed by atoms with Crippen molar-refractivity contribution in [1.82, 2.24) is 20.2 Å². The fourth-order valence-electron chi connectivity index (χ4n) is 2.07. The van der Waals surface area contributed by atoms with Gasteiger partial charge >= 0.3 is 0 Å². The van der Waals surface area contributed by atoms with Crippen molar-refractivity contribution in [3.63, 3.8) is 0 Å². The van der Waals surface area contributed by atoms with E-state index in [4.69, 9.17) is 5.84 Å². The summed E-state index contributed by atoms with van der Waals surface area (Å²) in [5.74, 6) is 6.59. The molecule has 0 bridgehead atoms. The summed E-state index contributed by atoms with van der Waals surface area (Å²) in [5.41, 5.74) is 1.06. The molecule has 0 fully saturated rings. The van der Waals surface area contributed by atoms with Crippen LogP contribution < -0.4 is 11.2 Å². The van der Waals surface area contributed by atoms with Gasteiger partial charge in [-0.1, -0.05) is 48.2 Å². The molecule has 0 aliphatic heterocycles. The zero-order chi connectivity index (χ0) is 16.9. The summed E-state index contributed by atoms with van der Waals surface area (Å²) in [6.45, 7) is 2.32. The van der Waals surface area contributed by atoms with Crippen molar-refractivity contribution in [2.45, 2.75) is 23.9 Å². The van der Waals surface area contributed by atoms with Crippen molar-refractivity contribution in [2.75, 3.05) is 5.84 Å². The monoisotopic (exact) mass is 359 g/mol. The van der Waals surface area contributed by atoms with Gasteiger partial charge in [-0.15, -0.1) is 21.5 Å². The fourth-order valence-corrected chi connectivity index (χ4v) is 3.57. The highest BCUT2D eigenvalue weighted by Crippen LogP contribution is 2.27. The van der Waals surface area contributed by atoms with Crippen LogP contribution in [0, 0.1) is 0 Å². The summed E-state index contributed by atoms with van der Waals surface area (Å²) >= 11 is 2.83. The number of aromatic nitrogens is 3. The molecule has 0 saturated heterocycles. The van der Waals surface area contributed by atoms with E-state index in [0.717, 1.165) is 10.4 Å². The summed E-state index contributed by atoms with van der Waals surface area (Å²) in [4.78, 5) is 13.2. The van der Waals surface area contributed by atoms with E-state index in [1.807, 2.05) is 54.8 Å².